The highest BCUT2D eigenvalue weighted by atomic mass is 35.5. The molecule has 1 heterocycles. The number of aromatic nitrogens is 2. The third-order valence-electron chi connectivity index (χ3n) is 3.49. The number of benzene rings is 2. The second-order valence-corrected chi connectivity index (χ2v) is 5.86. The standard InChI is InChI=1S/C18H18ClN3O/c1-13-4-2-6-15(10-13)18-22-21-17(23-18)12-20-9-8-14-5-3-7-16(19)11-14/h2-7,10-11,20H,8-9,12H2,1H3. The first-order chi connectivity index (χ1) is 11.2. The molecule has 3 aromatic rings. The van der Waals surface area contributed by atoms with Crippen molar-refractivity contribution in [3.63, 3.8) is 0 Å². The summed E-state index contributed by atoms with van der Waals surface area (Å²) in [5.41, 5.74) is 3.32. The Labute approximate surface area is 140 Å². The van der Waals surface area contributed by atoms with Crippen molar-refractivity contribution in [2.75, 3.05) is 6.54 Å². The van der Waals surface area contributed by atoms with Gasteiger partial charge >= 0.3 is 0 Å². The normalized spacial score (nSPS) is 10.9. The highest BCUT2D eigenvalue weighted by Crippen LogP contribution is 2.18. The van der Waals surface area contributed by atoms with Gasteiger partial charge in [0.05, 0.1) is 6.54 Å². The van der Waals surface area contributed by atoms with Crippen LogP contribution < -0.4 is 5.32 Å². The molecular formula is C18H18ClN3O. The van der Waals surface area contributed by atoms with Crippen LogP contribution in [-0.2, 0) is 13.0 Å². The van der Waals surface area contributed by atoms with Gasteiger partial charge in [0.1, 0.15) is 0 Å². The fraction of sp³-hybridized carbons (Fsp3) is 0.222. The highest BCUT2D eigenvalue weighted by molar-refractivity contribution is 6.30. The van der Waals surface area contributed by atoms with Crippen LogP contribution in [0.25, 0.3) is 11.5 Å². The minimum Gasteiger partial charge on any atom is -0.419 e. The van der Waals surface area contributed by atoms with Crippen LogP contribution in [0.1, 0.15) is 17.0 Å². The SMILES string of the molecule is Cc1cccc(-c2nnc(CNCCc3cccc(Cl)c3)o2)c1. The van der Waals surface area contributed by atoms with Crippen LogP contribution in [0.5, 0.6) is 0 Å². The van der Waals surface area contributed by atoms with E-state index in [9.17, 15) is 0 Å². The molecule has 4 nitrogen and oxygen atoms in total. The first kappa shape index (κ1) is 15.7. The maximum atomic E-state index is 5.97. The van der Waals surface area contributed by atoms with E-state index in [0.29, 0.717) is 18.3 Å². The minimum atomic E-state index is 0.555. The lowest BCUT2D eigenvalue weighted by Gasteiger charge is -2.03. The van der Waals surface area contributed by atoms with E-state index in [-0.39, 0.29) is 0 Å². The summed E-state index contributed by atoms with van der Waals surface area (Å²) in [6.07, 6.45) is 0.902. The van der Waals surface area contributed by atoms with Crippen molar-refractivity contribution in [2.24, 2.45) is 0 Å². The lowest BCUT2D eigenvalue weighted by atomic mass is 10.1. The average Bonchev–Trinajstić information content (AvgIpc) is 3.01. The van der Waals surface area contributed by atoms with Gasteiger partial charge in [0.25, 0.3) is 0 Å². The molecule has 0 saturated heterocycles. The molecular weight excluding hydrogens is 310 g/mol. The van der Waals surface area contributed by atoms with Crippen molar-refractivity contribution in [1.29, 1.82) is 0 Å². The fourth-order valence-corrected chi connectivity index (χ4v) is 2.55. The Morgan fingerprint density at radius 1 is 1.09 bits per heavy atom. The van der Waals surface area contributed by atoms with E-state index in [1.165, 1.54) is 11.1 Å². The van der Waals surface area contributed by atoms with Gasteiger partial charge < -0.3 is 9.73 Å². The Morgan fingerprint density at radius 2 is 1.96 bits per heavy atom. The summed E-state index contributed by atoms with van der Waals surface area (Å²) in [5, 5.41) is 12.3. The highest BCUT2D eigenvalue weighted by Gasteiger charge is 2.08. The van der Waals surface area contributed by atoms with Gasteiger partial charge in [-0.15, -0.1) is 10.2 Å². The second kappa shape index (κ2) is 7.40. The van der Waals surface area contributed by atoms with E-state index >= 15 is 0 Å². The van der Waals surface area contributed by atoms with Crippen molar-refractivity contribution in [3.05, 3.63) is 70.6 Å². The van der Waals surface area contributed by atoms with Crippen LogP contribution in [0.15, 0.2) is 52.9 Å². The van der Waals surface area contributed by atoms with Crippen molar-refractivity contribution in [2.45, 2.75) is 19.9 Å². The topological polar surface area (TPSA) is 51.0 Å². The molecule has 5 heteroatoms. The van der Waals surface area contributed by atoms with Crippen LogP contribution in [0.3, 0.4) is 0 Å². The molecule has 3 rings (SSSR count). The largest absolute Gasteiger partial charge is 0.419 e. The molecule has 0 spiro atoms. The molecule has 0 unspecified atom stereocenters. The summed E-state index contributed by atoms with van der Waals surface area (Å²) < 4.78 is 5.69. The van der Waals surface area contributed by atoms with Gasteiger partial charge in [-0.25, -0.2) is 0 Å². The van der Waals surface area contributed by atoms with Crippen molar-refractivity contribution in [3.8, 4) is 11.5 Å². The van der Waals surface area contributed by atoms with Crippen LogP contribution in [0.2, 0.25) is 5.02 Å². The summed E-state index contributed by atoms with van der Waals surface area (Å²) >= 11 is 5.97. The third kappa shape index (κ3) is 4.41. The van der Waals surface area contributed by atoms with E-state index in [1.54, 1.807) is 0 Å². The Balaban J connectivity index is 1.51. The molecule has 0 atom stereocenters. The molecule has 2 aromatic carbocycles. The van der Waals surface area contributed by atoms with E-state index in [1.807, 2.05) is 49.4 Å². The van der Waals surface area contributed by atoms with Gasteiger partial charge in [-0.3, -0.25) is 0 Å². The monoisotopic (exact) mass is 327 g/mol. The number of nitrogens with zero attached hydrogens (tertiary/aromatic N) is 2. The molecule has 118 valence electrons. The van der Waals surface area contributed by atoms with Crippen LogP contribution in [0, 0.1) is 6.92 Å². The fourth-order valence-electron chi connectivity index (χ4n) is 2.34. The maximum Gasteiger partial charge on any atom is 0.247 e. The van der Waals surface area contributed by atoms with Crippen molar-refractivity contribution < 1.29 is 4.42 Å². The maximum absolute atomic E-state index is 5.97. The zero-order valence-corrected chi connectivity index (χ0v) is 13.7. The Kier molecular flexibility index (Phi) is 5.05. The molecule has 0 amide bonds. The molecule has 0 radical (unpaired) electrons. The predicted molar refractivity (Wildman–Crippen MR) is 91.3 cm³/mol. The number of rotatable bonds is 6. The Bertz CT molecular complexity index is 785. The molecule has 0 aliphatic carbocycles. The first-order valence-electron chi connectivity index (χ1n) is 7.55. The summed E-state index contributed by atoms with van der Waals surface area (Å²) in [6, 6.07) is 15.9. The summed E-state index contributed by atoms with van der Waals surface area (Å²) in [4.78, 5) is 0. The molecule has 0 saturated carbocycles. The molecule has 0 fully saturated rings. The van der Waals surface area contributed by atoms with Crippen molar-refractivity contribution in [1.82, 2.24) is 15.5 Å². The zero-order valence-electron chi connectivity index (χ0n) is 12.9. The smallest absolute Gasteiger partial charge is 0.247 e. The van der Waals surface area contributed by atoms with E-state index in [0.717, 1.165) is 23.6 Å². The summed E-state index contributed by atoms with van der Waals surface area (Å²) in [5.74, 6) is 1.15. The predicted octanol–water partition coefficient (Wildman–Crippen LogP) is 4.03. The van der Waals surface area contributed by atoms with Gasteiger partial charge in [0, 0.05) is 10.6 Å². The second-order valence-electron chi connectivity index (χ2n) is 5.43. The summed E-state index contributed by atoms with van der Waals surface area (Å²) in [7, 11) is 0. The molecule has 0 bridgehead atoms. The molecule has 1 N–H and O–H groups in total. The van der Waals surface area contributed by atoms with E-state index < -0.39 is 0 Å². The number of halogens is 1. The lowest BCUT2D eigenvalue weighted by Crippen LogP contribution is -2.16. The van der Waals surface area contributed by atoms with Crippen LogP contribution in [0.4, 0.5) is 0 Å². The quantitative estimate of drug-likeness (QED) is 0.694. The van der Waals surface area contributed by atoms with E-state index in [4.69, 9.17) is 16.0 Å². The van der Waals surface area contributed by atoms with Gasteiger partial charge in [-0.1, -0.05) is 41.4 Å². The Morgan fingerprint density at radius 3 is 2.78 bits per heavy atom. The number of hydrogen-bond donors (Lipinski definition) is 1. The van der Waals surface area contributed by atoms with Crippen molar-refractivity contribution >= 4 is 11.6 Å². The molecule has 1 aromatic heterocycles. The minimum absolute atomic E-state index is 0.555. The van der Waals surface area contributed by atoms with Gasteiger partial charge in [-0.05, 0) is 49.7 Å². The van der Waals surface area contributed by atoms with Gasteiger partial charge in [0.15, 0.2) is 0 Å². The molecule has 0 aliphatic heterocycles. The van der Waals surface area contributed by atoms with Gasteiger partial charge in [-0.2, -0.15) is 0 Å². The molecule has 23 heavy (non-hydrogen) atoms. The van der Waals surface area contributed by atoms with Crippen LogP contribution in [-0.4, -0.2) is 16.7 Å². The summed E-state index contributed by atoms with van der Waals surface area (Å²) in [6.45, 7) is 3.42. The number of nitrogens with one attached hydrogen (secondary N) is 1. The molecule has 0 aliphatic rings. The number of hydrogen-bond acceptors (Lipinski definition) is 4. The lowest BCUT2D eigenvalue weighted by molar-refractivity contribution is 0.478. The third-order valence-corrected chi connectivity index (χ3v) is 3.72. The Hall–Kier alpha value is -2.17. The van der Waals surface area contributed by atoms with Gasteiger partial charge in [0.2, 0.25) is 11.8 Å². The zero-order chi connectivity index (χ0) is 16.1. The average molecular weight is 328 g/mol. The number of aryl methyl sites for hydroxylation is 1. The first-order valence-corrected chi connectivity index (χ1v) is 7.93. The van der Waals surface area contributed by atoms with E-state index in [2.05, 4.69) is 21.6 Å². The van der Waals surface area contributed by atoms with Crippen LogP contribution >= 0.6 is 11.6 Å².